The zero-order valence-electron chi connectivity index (χ0n) is 26.7. The molecule has 0 aromatic carbocycles. The fourth-order valence-electron chi connectivity index (χ4n) is 9.82. The summed E-state index contributed by atoms with van der Waals surface area (Å²) in [4.78, 5) is 12.5. The van der Waals surface area contributed by atoms with Crippen LogP contribution >= 0.6 is 0 Å². The molecule has 0 bridgehead atoms. The minimum Gasteiger partial charge on any atom is -0.446 e. The molecule has 8 heteroatoms. The molecule has 42 heavy (non-hydrogen) atoms. The summed E-state index contributed by atoms with van der Waals surface area (Å²) < 4.78 is 5.72. The highest BCUT2D eigenvalue weighted by molar-refractivity contribution is 5.67. The van der Waals surface area contributed by atoms with Gasteiger partial charge in [-0.3, -0.25) is 0 Å². The number of rotatable bonds is 12. The fraction of sp³-hybridized carbons (Fsp3) is 0.912. The van der Waals surface area contributed by atoms with Crippen LogP contribution in [-0.2, 0) is 4.74 Å². The fourth-order valence-corrected chi connectivity index (χ4v) is 9.82. The lowest BCUT2D eigenvalue weighted by atomic mass is 9.47. The summed E-state index contributed by atoms with van der Waals surface area (Å²) in [5.41, 5.74) is 2.05. The Kier molecular flexibility index (Phi) is 11.1. The third-order valence-electron chi connectivity index (χ3n) is 12.3. The zero-order chi connectivity index (χ0) is 30.8. The summed E-state index contributed by atoms with van der Waals surface area (Å²) in [6, 6.07) is 0. The summed E-state index contributed by atoms with van der Waals surface area (Å²) in [5.74, 6) is 4.69. The van der Waals surface area contributed by atoms with Crippen molar-refractivity contribution in [1.29, 1.82) is 0 Å². The van der Waals surface area contributed by atoms with Crippen molar-refractivity contribution in [3.63, 3.8) is 0 Å². The SMILES string of the molecule is CC(C)CCCC(C)C1CCC2C3CC=C4CC(OC(=O)NCC(O)C(O)C(O)C(O)CO)CCC4(C)C3CCC12C. The first-order valence-corrected chi connectivity index (χ1v) is 16.8. The van der Waals surface area contributed by atoms with Crippen LogP contribution in [0, 0.1) is 46.3 Å². The first-order valence-electron chi connectivity index (χ1n) is 16.8. The lowest BCUT2D eigenvalue weighted by Crippen LogP contribution is -2.51. The van der Waals surface area contributed by atoms with Crippen LogP contribution in [-0.4, -0.2) is 75.3 Å². The Bertz CT molecular complexity index is 941. The molecule has 3 saturated carbocycles. The number of amides is 1. The lowest BCUT2D eigenvalue weighted by Gasteiger charge is -2.58. The molecular formula is C34H59NO7. The van der Waals surface area contributed by atoms with Gasteiger partial charge in [-0.05, 0) is 91.3 Å². The van der Waals surface area contributed by atoms with E-state index < -0.39 is 37.1 Å². The molecule has 0 saturated heterocycles. The number of carbonyl (C=O) groups excluding carboxylic acids is 1. The van der Waals surface area contributed by atoms with Crippen LogP contribution in [0.1, 0.15) is 105 Å². The second-order valence-corrected chi connectivity index (χ2v) is 15.2. The van der Waals surface area contributed by atoms with Crippen molar-refractivity contribution in [1.82, 2.24) is 5.32 Å². The third-order valence-corrected chi connectivity index (χ3v) is 12.3. The van der Waals surface area contributed by atoms with Crippen LogP contribution in [0.15, 0.2) is 11.6 Å². The molecule has 0 radical (unpaired) electrons. The van der Waals surface area contributed by atoms with Crippen LogP contribution in [0.25, 0.3) is 0 Å². The molecule has 6 N–H and O–H groups in total. The number of fused-ring (bicyclic) bond motifs is 5. The molecule has 4 aliphatic carbocycles. The Hall–Kier alpha value is -1.19. The molecule has 3 fully saturated rings. The van der Waals surface area contributed by atoms with E-state index in [1.54, 1.807) is 0 Å². The average molecular weight is 594 g/mol. The van der Waals surface area contributed by atoms with E-state index in [4.69, 9.17) is 9.84 Å². The maximum absolute atomic E-state index is 12.5. The first-order chi connectivity index (χ1) is 19.8. The molecule has 12 unspecified atom stereocenters. The number of aliphatic hydroxyl groups excluding tert-OH is 5. The highest BCUT2D eigenvalue weighted by atomic mass is 16.6. The highest BCUT2D eigenvalue weighted by Crippen LogP contribution is 2.67. The van der Waals surface area contributed by atoms with Crippen molar-refractivity contribution in [2.75, 3.05) is 13.2 Å². The molecule has 0 aliphatic heterocycles. The average Bonchev–Trinajstić information content (AvgIpc) is 3.31. The zero-order valence-corrected chi connectivity index (χ0v) is 26.7. The van der Waals surface area contributed by atoms with E-state index in [1.165, 1.54) is 50.5 Å². The van der Waals surface area contributed by atoms with Gasteiger partial charge >= 0.3 is 6.09 Å². The van der Waals surface area contributed by atoms with E-state index in [0.29, 0.717) is 11.3 Å². The molecule has 0 heterocycles. The molecule has 8 nitrogen and oxygen atoms in total. The Labute approximate surface area is 253 Å². The lowest BCUT2D eigenvalue weighted by molar-refractivity contribution is -0.113. The molecule has 4 rings (SSSR count). The summed E-state index contributed by atoms with van der Waals surface area (Å²) in [7, 11) is 0. The van der Waals surface area contributed by atoms with Crippen LogP contribution in [0.5, 0.6) is 0 Å². The van der Waals surface area contributed by atoms with Gasteiger partial charge in [0.1, 0.15) is 24.4 Å². The van der Waals surface area contributed by atoms with Crippen molar-refractivity contribution in [2.45, 2.75) is 136 Å². The molecule has 12 atom stereocenters. The number of hydrogen-bond acceptors (Lipinski definition) is 7. The molecule has 1 amide bonds. The van der Waals surface area contributed by atoms with E-state index in [2.05, 4.69) is 46.0 Å². The molecular weight excluding hydrogens is 534 g/mol. The van der Waals surface area contributed by atoms with Gasteiger partial charge in [-0.15, -0.1) is 0 Å². The largest absolute Gasteiger partial charge is 0.446 e. The van der Waals surface area contributed by atoms with Crippen molar-refractivity contribution < 1.29 is 35.1 Å². The third kappa shape index (κ3) is 6.88. The Morgan fingerprint density at radius 2 is 1.69 bits per heavy atom. The topological polar surface area (TPSA) is 139 Å². The van der Waals surface area contributed by atoms with Crippen LogP contribution in [0.4, 0.5) is 4.79 Å². The number of carbonyl (C=O) groups is 1. The van der Waals surface area contributed by atoms with E-state index in [-0.39, 0.29) is 18.1 Å². The quantitative estimate of drug-likeness (QED) is 0.182. The predicted octanol–water partition coefficient (Wildman–Crippen LogP) is 4.56. The van der Waals surface area contributed by atoms with E-state index >= 15 is 0 Å². The van der Waals surface area contributed by atoms with Gasteiger partial charge in [0.2, 0.25) is 0 Å². The normalized spacial score (nSPS) is 37.9. The molecule has 0 aromatic heterocycles. The number of allylic oxidation sites excluding steroid dienone is 1. The molecule has 0 spiro atoms. The maximum atomic E-state index is 12.5. The second-order valence-electron chi connectivity index (χ2n) is 15.2. The second kappa shape index (κ2) is 13.8. The van der Waals surface area contributed by atoms with Gasteiger partial charge in [0.25, 0.3) is 0 Å². The van der Waals surface area contributed by atoms with Gasteiger partial charge in [0.05, 0.1) is 12.7 Å². The van der Waals surface area contributed by atoms with Crippen LogP contribution in [0.2, 0.25) is 0 Å². The smallest absolute Gasteiger partial charge is 0.407 e. The minimum absolute atomic E-state index is 0.158. The minimum atomic E-state index is -1.73. The van der Waals surface area contributed by atoms with Crippen LogP contribution in [0.3, 0.4) is 0 Å². The van der Waals surface area contributed by atoms with Gasteiger partial charge in [-0.1, -0.05) is 65.5 Å². The molecule has 242 valence electrons. The van der Waals surface area contributed by atoms with E-state index in [9.17, 15) is 25.2 Å². The summed E-state index contributed by atoms with van der Waals surface area (Å²) in [5, 5.41) is 50.7. The van der Waals surface area contributed by atoms with Gasteiger partial charge in [-0.25, -0.2) is 4.79 Å². The van der Waals surface area contributed by atoms with Gasteiger partial charge in [0.15, 0.2) is 0 Å². The van der Waals surface area contributed by atoms with Gasteiger partial charge < -0.3 is 35.6 Å². The first kappa shape index (κ1) is 33.7. The predicted molar refractivity (Wildman–Crippen MR) is 162 cm³/mol. The van der Waals surface area contributed by atoms with Crippen LogP contribution < -0.4 is 5.32 Å². The Morgan fingerprint density at radius 1 is 0.976 bits per heavy atom. The van der Waals surface area contributed by atoms with Gasteiger partial charge in [-0.2, -0.15) is 0 Å². The standard InChI is InChI=1S/C34H59NO7/c1-20(2)7-6-8-21(3)25-11-12-26-24-10-9-22-17-23(13-15-33(22,4)27(24)14-16-34(25,26)5)42-32(41)35-18-28(37)30(39)31(40)29(38)19-36/h9,20-21,23-31,36-40H,6-8,10-19H2,1-5H3,(H,35,41). The Morgan fingerprint density at radius 3 is 2.38 bits per heavy atom. The van der Waals surface area contributed by atoms with Gasteiger partial charge in [0, 0.05) is 13.0 Å². The monoisotopic (exact) mass is 593 g/mol. The maximum Gasteiger partial charge on any atom is 0.407 e. The van der Waals surface area contributed by atoms with Crippen molar-refractivity contribution >= 4 is 6.09 Å². The van der Waals surface area contributed by atoms with E-state index in [1.807, 2.05) is 0 Å². The molecule has 0 aromatic rings. The van der Waals surface area contributed by atoms with Crippen molar-refractivity contribution in [3.8, 4) is 0 Å². The molecule has 4 aliphatic rings. The van der Waals surface area contributed by atoms with E-state index in [0.717, 1.165) is 55.3 Å². The van der Waals surface area contributed by atoms with Crippen molar-refractivity contribution in [2.24, 2.45) is 46.3 Å². The number of aliphatic hydroxyl groups is 5. The Balaban J connectivity index is 1.31. The number of hydrogen-bond donors (Lipinski definition) is 6. The number of alkyl carbamates (subject to hydrolysis) is 1. The summed E-state index contributed by atoms with van der Waals surface area (Å²) >= 11 is 0. The highest BCUT2D eigenvalue weighted by Gasteiger charge is 2.59. The summed E-state index contributed by atoms with van der Waals surface area (Å²) in [6.45, 7) is 11.2. The number of nitrogens with one attached hydrogen (secondary N) is 1. The summed E-state index contributed by atoms with van der Waals surface area (Å²) in [6.07, 6.45) is 8.14. The van der Waals surface area contributed by atoms with Crippen molar-refractivity contribution in [3.05, 3.63) is 11.6 Å². The number of ether oxygens (including phenoxy) is 1.